The summed E-state index contributed by atoms with van der Waals surface area (Å²) in [6.45, 7) is 3.78. The molecule has 0 saturated heterocycles. The normalized spacial score (nSPS) is 12.8. The maximum absolute atomic E-state index is 5.81. The van der Waals surface area contributed by atoms with E-state index in [0.717, 1.165) is 25.1 Å². The van der Waals surface area contributed by atoms with Crippen LogP contribution in [0, 0.1) is 0 Å². The van der Waals surface area contributed by atoms with Crippen LogP contribution in [0.2, 0.25) is 0 Å². The van der Waals surface area contributed by atoms with Gasteiger partial charge in [0.05, 0.1) is 7.11 Å². The second kappa shape index (κ2) is 7.30. The molecule has 0 bridgehead atoms. The molecule has 0 aliphatic carbocycles. The molecular formula is C14H24N2O. The first-order chi connectivity index (χ1) is 8.22. The van der Waals surface area contributed by atoms with Crippen LogP contribution in [-0.4, -0.2) is 31.6 Å². The zero-order valence-corrected chi connectivity index (χ0v) is 11.1. The Balaban J connectivity index is 2.68. The number of likely N-dealkylation sites (N-methyl/N-ethyl adjacent to an activating group) is 1. The van der Waals surface area contributed by atoms with E-state index in [-0.39, 0.29) is 0 Å². The topological polar surface area (TPSA) is 38.5 Å². The Labute approximate surface area is 105 Å². The van der Waals surface area contributed by atoms with Crippen molar-refractivity contribution < 1.29 is 4.74 Å². The first kappa shape index (κ1) is 14.0. The summed E-state index contributed by atoms with van der Waals surface area (Å²) >= 11 is 0. The van der Waals surface area contributed by atoms with Crippen LogP contribution < -0.4 is 10.5 Å². The standard InChI is InChI=1S/C14H24N2O/c1-4-7-13(10-15)16(2)11-12-8-5-6-9-14(12)17-3/h5-6,8-9,13H,4,7,10-11,15H2,1-3H3. The highest BCUT2D eigenvalue weighted by Gasteiger charge is 2.13. The van der Waals surface area contributed by atoms with Gasteiger partial charge in [-0.05, 0) is 19.5 Å². The quantitative estimate of drug-likeness (QED) is 0.789. The molecule has 17 heavy (non-hydrogen) atoms. The summed E-state index contributed by atoms with van der Waals surface area (Å²) in [5, 5.41) is 0. The molecule has 3 heteroatoms. The Morgan fingerprint density at radius 2 is 2.06 bits per heavy atom. The average molecular weight is 236 g/mol. The summed E-state index contributed by atoms with van der Waals surface area (Å²) in [6, 6.07) is 8.59. The molecule has 1 aromatic carbocycles. The lowest BCUT2D eigenvalue weighted by molar-refractivity contribution is 0.223. The fourth-order valence-corrected chi connectivity index (χ4v) is 2.08. The molecule has 0 heterocycles. The largest absolute Gasteiger partial charge is 0.496 e. The molecule has 1 aromatic rings. The van der Waals surface area contributed by atoms with Crippen LogP contribution in [-0.2, 0) is 6.54 Å². The zero-order chi connectivity index (χ0) is 12.7. The number of ether oxygens (including phenoxy) is 1. The summed E-state index contributed by atoms with van der Waals surface area (Å²) in [5.74, 6) is 0.951. The van der Waals surface area contributed by atoms with E-state index in [2.05, 4.69) is 24.9 Å². The summed E-state index contributed by atoms with van der Waals surface area (Å²) in [4.78, 5) is 2.31. The van der Waals surface area contributed by atoms with Crippen LogP contribution in [0.4, 0.5) is 0 Å². The number of nitrogens with two attached hydrogens (primary N) is 1. The maximum atomic E-state index is 5.81. The highest BCUT2D eigenvalue weighted by molar-refractivity contribution is 5.33. The van der Waals surface area contributed by atoms with Crippen LogP contribution in [0.1, 0.15) is 25.3 Å². The van der Waals surface area contributed by atoms with Crippen molar-refractivity contribution in [2.24, 2.45) is 5.73 Å². The van der Waals surface area contributed by atoms with Crippen molar-refractivity contribution in [3.63, 3.8) is 0 Å². The third-order valence-corrected chi connectivity index (χ3v) is 3.13. The first-order valence-electron chi connectivity index (χ1n) is 6.25. The van der Waals surface area contributed by atoms with E-state index in [1.807, 2.05) is 18.2 Å². The molecule has 96 valence electrons. The molecule has 0 amide bonds. The van der Waals surface area contributed by atoms with Crippen LogP contribution in [0.15, 0.2) is 24.3 Å². The van der Waals surface area contributed by atoms with Gasteiger partial charge in [0, 0.05) is 24.7 Å². The summed E-state index contributed by atoms with van der Waals surface area (Å²) < 4.78 is 5.36. The van der Waals surface area contributed by atoms with Crippen LogP contribution >= 0.6 is 0 Å². The summed E-state index contributed by atoms with van der Waals surface area (Å²) in [7, 11) is 3.84. The van der Waals surface area contributed by atoms with Gasteiger partial charge in [-0.3, -0.25) is 4.90 Å². The molecule has 3 nitrogen and oxygen atoms in total. The SMILES string of the molecule is CCCC(CN)N(C)Cc1ccccc1OC. The van der Waals surface area contributed by atoms with E-state index in [9.17, 15) is 0 Å². The van der Waals surface area contributed by atoms with E-state index in [0.29, 0.717) is 12.6 Å². The van der Waals surface area contributed by atoms with Gasteiger partial charge in [0.2, 0.25) is 0 Å². The van der Waals surface area contributed by atoms with Gasteiger partial charge >= 0.3 is 0 Å². The fraction of sp³-hybridized carbons (Fsp3) is 0.571. The highest BCUT2D eigenvalue weighted by atomic mass is 16.5. The number of benzene rings is 1. The Hall–Kier alpha value is -1.06. The average Bonchev–Trinajstić information content (AvgIpc) is 2.36. The van der Waals surface area contributed by atoms with Gasteiger partial charge in [0.25, 0.3) is 0 Å². The Morgan fingerprint density at radius 1 is 1.35 bits per heavy atom. The lowest BCUT2D eigenvalue weighted by Gasteiger charge is -2.27. The van der Waals surface area contributed by atoms with E-state index < -0.39 is 0 Å². The minimum absolute atomic E-state index is 0.449. The molecule has 0 aliphatic rings. The van der Waals surface area contributed by atoms with Crippen molar-refractivity contribution in [3.8, 4) is 5.75 Å². The third kappa shape index (κ3) is 4.02. The lowest BCUT2D eigenvalue weighted by atomic mass is 10.1. The number of hydrogen-bond acceptors (Lipinski definition) is 3. The predicted molar refractivity (Wildman–Crippen MR) is 72.2 cm³/mol. The minimum atomic E-state index is 0.449. The Morgan fingerprint density at radius 3 is 2.65 bits per heavy atom. The number of methoxy groups -OCH3 is 1. The fourth-order valence-electron chi connectivity index (χ4n) is 2.08. The highest BCUT2D eigenvalue weighted by Crippen LogP contribution is 2.20. The third-order valence-electron chi connectivity index (χ3n) is 3.13. The van der Waals surface area contributed by atoms with Gasteiger partial charge in [0.1, 0.15) is 5.75 Å². The molecule has 0 aromatic heterocycles. The van der Waals surface area contributed by atoms with Crippen LogP contribution in [0.5, 0.6) is 5.75 Å². The second-order valence-corrected chi connectivity index (χ2v) is 4.41. The van der Waals surface area contributed by atoms with Gasteiger partial charge in [-0.1, -0.05) is 31.5 Å². The monoisotopic (exact) mass is 236 g/mol. The second-order valence-electron chi connectivity index (χ2n) is 4.41. The van der Waals surface area contributed by atoms with Crippen molar-refractivity contribution in [2.45, 2.75) is 32.4 Å². The molecule has 0 aliphatic heterocycles. The number of rotatable bonds is 7. The molecule has 0 saturated carbocycles. The van der Waals surface area contributed by atoms with Crippen LogP contribution in [0.25, 0.3) is 0 Å². The smallest absolute Gasteiger partial charge is 0.123 e. The molecule has 0 radical (unpaired) electrons. The van der Waals surface area contributed by atoms with Crippen molar-refractivity contribution in [2.75, 3.05) is 20.7 Å². The molecule has 1 atom stereocenters. The molecule has 1 unspecified atom stereocenters. The van der Waals surface area contributed by atoms with E-state index in [1.54, 1.807) is 7.11 Å². The van der Waals surface area contributed by atoms with Gasteiger partial charge in [-0.15, -0.1) is 0 Å². The van der Waals surface area contributed by atoms with Gasteiger partial charge in [-0.25, -0.2) is 0 Å². The van der Waals surface area contributed by atoms with Crippen LogP contribution in [0.3, 0.4) is 0 Å². The first-order valence-corrected chi connectivity index (χ1v) is 6.25. The summed E-state index contributed by atoms with van der Waals surface area (Å²) in [6.07, 6.45) is 2.31. The summed E-state index contributed by atoms with van der Waals surface area (Å²) in [5.41, 5.74) is 7.03. The molecule has 0 spiro atoms. The van der Waals surface area contributed by atoms with Gasteiger partial charge in [-0.2, -0.15) is 0 Å². The van der Waals surface area contributed by atoms with Gasteiger partial charge in [0.15, 0.2) is 0 Å². The van der Waals surface area contributed by atoms with Gasteiger partial charge < -0.3 is 10.5 Å². The Kier molecular flexibility index (Phi) is 6.01. The molecule has 1 rings (SSSR count). The van der Waals surface area contributed by atoms with Crippen molar-refractivity contribution in [1.29, 1.82) is 0 Å². The minimum Gasteiger partial charge on any atom is -0.496 e. The zero-order valence-electron chi connectivity index (χ0n) is 11.1. The number of hydrogen-bond donors (Lipinski definition) is 1. The number of para-hydroxylation sites is 1. The van der Waals surface area contributed by atoms with E-state index >= 15 is 0 Å². The Bertz CT molecular complexity index is 328. The maximum Gasteiger partial charge on any atom is 0.123 e. The van der Waals surface area contributed by atoms with Crippen molar-refractivity contribution in [3.05, 3.63) is 29.8 Å². The molecule has 2 N–H and O–H groups in total. The van der Waals surface area contributed by atoms with Crippen molar-refractivity contribution >= 4 is 0 Å². The molecular weight excluding hydrogens is 212 g/mol. The van der Waals surface area contributed by atoms with E-state index in [1.165, 1.54) is 5.56 Å². The number of nitrogens with zero attached hydrogens (tertiary/aromatic N) is 1. The van der Waals surface area contributed by atoms with Crippen molar-refractivity contribution in [1.82, 2.24) is 4.90 Å². The lowest BCUT2D eigenvalue weighted by Crippen LogP contribution is -2.37. The molecule has 0 fully saturated rings. The predicted octanol–water partition coefficient (Wildman–Crippen LogP) is 2.25. The van der Waals surface area contributed by atoms with E-state index in [4.69, 9.17) is 10.5 Å².